The molecule has 0 aliphatic heterocycles. The first-order valence-corrected chi connectivity index (χ1v) is 8.01. The molecule has 1 aromatic rings. The van der Waals surface area contributed by atoms with Gasteiger partial charge in [-0.2, -0.15) is 0 Å². The van der Waals surface area contributed by atoms with Crippen molar-refractivity contribution in [1.29, 1.82) is 0 Å². The van der Waals surface area contributed by atoms with Crippen LogP contribution in [0.1, 0.15) is 56.1 Å². The molecule has 1 heteroatoms. The maximum atomic E-state index is 5.49. The number of fused-ring (bicyclic) bond motifs is 1. The molecule has 0 spiro atoms. The molecular formula is C18H24O. The lowest BCUT2D eigenvalue weighted by molar-refractivity contribution is 0.0521. The summed E-state index contributed by atoms with van der Waals surface area (Å²) in [5.41, 5.74) is 3.81. The minimum atomic E-state index is 0.517. The Balaban J connectivity index is 1.88. The molecule has 0 radical (unpaired) electrons. The molecule has 102 valence electrons. The Morgan fingerprint density at radius 3 is 2.89 bits per heavy atom. The van der Waals surface area contributed by atoms with Crippen LogP contribution in [0.2, 0.25) is 0 Å². The summed E-state index contributed by atoms with van der Waals surface area (Å²) >= 11 is 0. The zero-order chi connectivity index (χ0) is 12.9. The Bertz CT molecular complexity index is 488. The molecular weight excluding hydrogens is 232 g/mol. The molecule has 1 aromatic carbocycles. The highest BCUT2D eigenvalue weighted by atomic mass is 16.5. The van der Waals surface area contributed by atoms with Crippen molar-refractivity contribution in [2.75, 3.05) is 7.11 Å². The van der Waals surface area contributed by atoms with Gasteiger partial charge < -0.3 is 4.74 Å². The van der Waals surface area contributed by atoms with Gasteiger partial charge in [-0.15, -0.1) is 0 Å². The van der Waals surface area contributed by atoms with E-state index < -0.39 is 0 Å². The van der Waals surface area contributed by atoms with Crippen LogP contribution < -0.4 is 4.74 Å². The van der Waals surface area contributed by atoms with Gasteiger partial charge in [0.15, 0.2) is 0 Å². The highest BCUT2D eigenvalue weighted by Gasteiger charge is 2.51. The highest BCUT2D eigenvalue weighted by molar-refractivity contribution is 5.44. The summed E-state index contributed by atoms with van der Waals surface area (Å²) in [4.78, 5) is 0. The SMILES string of the molecule is COc1ccc2c(c1)[C@@]13CCCCC1[C@H](CCC3)C2. The Labute approximate surface area is 116 Å². The molecule has 2 fully saturated rings. The molecule has 4 rings (SSSR count). The molecule has 3 aliphatic carbocycles. The number of hydrogen-bond donors (Lipinski definition) is 0. The van der Waals surface area contributed by atoms with Crippen molar-refractivity contribution in [3.63, 3.8) is 0 Å². The number of rotatable bonds is 1. The monoisotopic (exact) mass is 256 g/mol. The van der Waals surface area contributed by atoms with Crippen molar-refractivity contribution in [3.05, 3.63) is 29.3 Å². The largest absolute Gasteiger partial charge is 0.497 e. The van der Waals surface area contributed by atoms with Gasteiger partial charge in [0.1, 0.15) is 5.75 Å². The van der Waals surface area contributed by atoms with Gasteiger partial charge in [0, 0.05) is 0 Å². The van der Waals surface area contributed by atoms with Crippen LogP contribution in [-0.4, -0.2) is 7.11 Å². The Morgan fingerprint density at radius 1 is 1.11 bits per heavy atom. The zero-order valence-corrected chi connectivity index (χ0v) is 12.0. The number of ether oxygens (including phenoxy) is 1. The number of hydrogen-bond acceptors (Lipinski definition) is 1. The van der Waals surface area contributed by atoms with E-state index in [1.54, 1.807) is 18.2 Å². The van der Waals surface area contributed by atoms with Crippen molar-refractivity contribution < 1.29 is 4.74 Å². The van der Waals surface area contributed by atoms with E-state index in [-0.39, 0.29) is 0 Å². The van der Waals surface area contributed by atoms with Gasteiger partial charge in [-0.3, -0.25) is 0 Å². The van der Waals surface area contributed by atoms with E-state index in [0.717, 1.165) is 17.6 Å². The third kappa shape index (κ3) is 1.60. The third-order valence-electron chi connectivity index (χ3n) is 6.20. The lowest BCUT2D eigenvalue weighted by atomic mass is 9.49. The molecule has 3 atom stereocenters. The van der Waals surface area contributed by atoms with Crippen LogP contribution in [0, 0.1) is 11.8 Å². The molecule has 0 heterocycles. The van der Waals surface area contributed by atoms with Gasteiger partial charge in [-0.05, 0) is 72.6 Å². The van der Waals surface area contributed by atoms with Crippen LogP contribution in [0.5, 0.6) is 5.75 Å². The fourth-order valence-corrected chi connectivity index (χ4v) is 5.46. The standard InChI is InChI=1S/C18H24O/c1-19-15-8-7-14-11-13-5-4-10-18(17(14)12-15)9-3-2-6-16(13)18/h7-8,12-13,16H,2-6,9-11H2,1H3/t13-,16?,18-/m1/s1. The molecule has 0 saturated heterocycles. The summed E-state index contributed by atoms with van der Waals surface area (Å²) in [6.45, 7) is 0. The summed E-state index contributed by atoms with van der Waals surface area (Å²) in [5, 5.41) is 0. The lowest BCUT2D eigenvalue weighted by Crippen LogP contribution is -2.49. The van der Waals surface area contributed by atoms with Gasteiger partial charge in [0.2, 0.25) is 0 Å². The molecule has 2 saturated carbocycles. The minimum Gasteiger partial charge on any atom is -0.497 e. The van der Waals surface area contributed by atoms with E-state index in [1.807, 2.05) is 0 Å². The normalized spacial score (nSPS) is 36.3. The summed E-state index contributed by atoms with van der Waals surface area (Å²) in [7, 11) is 1.80. The minimum absolute atomic E-state index is 0.517. The highest BCUT2D eigenvalue weighted by Crippen LogP contribution is 2.58. The molecule has 3 aliphatic rings. The summed E-state index contributed by atoms with van der Waals surface area (Å²) < 4.78 is 5.49. The average molecular weight is 256 g/mol. The summed E-state index contributed by atoms with van der Waals surface area (Å²) in [6, 6.07) is 6.88. The predicted molar refractivity (Wildman–Crippen MR) is 77.7 cm³/mol. The van der Waals surface area contributed by atoms with Crippen LogP contribution in [0.15, 0.2) is 18.2 Å². The van der Waals surface area contributed by atoms with E-state index in [4.69, 9.17) is 4.74 Å². The van der Waals surface area contributed by atoms with Crippen molar-refractivity contribution in [2.24, 2.45) is 11.8 Å². The molecule has 0 N–H and O–H groups in total. The number of methoxy groups -OCH3 is 1. The molecule has 1 unspecified atom stereocenters. The molecule has 2 bridgehead atoms. The maximum absolute atomic E-state index is 5.49. The first kappa shape index (κ1) is 11.8. The smallest absolute Gasteiger partial charge is 0.119 e. The van der Waals surface area contributed by atoms with Crippen molar-refractivity contribution >= 4 is 0 Å². The van der Waals surface area contributed by atoms with Gasteiger partial charge in [0.25, 0.3) is 0 Å². The van der Waals surface area contributed by atoms with Gasteiger partial charge in [-0.25, -0.2) is 0 Å². The Hall–Kier alpha value is -0.980. The zero-order valence-electron chi connectivity index (χ0n) is 12.0. The van der Waals surface area contributed by atoms with E-state index in [2.05, 4.69) is 18.2 Å². The van der Waals surface area contributed by atoms with E-state index in [9.17, 15) is 0 Å². The van der Waals surface area contributed by atoms with E-state index in [0.29, 0.717) is 5.41 Å². The molecule has 0 aromatic heterocycles. The third-order valence-corrected chi connectivity index (χ3v) is 6.20. The quantitative estimate of drug-likeness (QED) is 0.720. The Kier molecular flexibility index (Phi) is 2.65. The first-order valence-electron chi connectivity index (χ1n) is 8.01. The van der Waals surface area contributed by atoms with E-state index in [1.165, 1.54) is 51.4 Å². The van der Waals surface area contributed by atoms with Crippen LogP contribution in [-0.2, 0) is 11.8 Å². The van der Waals surface area contributed by atoms with Crippen molar-refractivity contribution in [3.8, 4) is 5.75 Å². The fraction of sp³-hybridized carbons (Fsp3) is 0.667. The van der Waals surface area contributed by atoms with Crippen LogP contribution in [0.4, 0.5) is 0 Å². The number of benzene rings is 1. The van der Waals surface area contributed by atoms with Gasteiger partial charge in [-0.1, -0.05) is 25.3 Å². The summed E-state index contributed by atoms with van der Waals surface area (Å²) in [5.74, 6) is 2.99. The molecule has 19 heavy (non-hydrogen) atoms. The topological polar surface area (TPSA) is 9.23 Å². The molecule has 1 nitrogen and oxygen atoms in total. The van der Waals surface area contributed by atoms with Crippen molar-refractivity contribution in [2.45, 2.75) is 56.8 Å². The molecule has 0 amide bonds. The second-order valence-electron chi connectivity index (χ2n) is 6.89. The fourth-order valence-electron chi connectivity index (χ4n) is 5.46. The Morgan fingerprint density at radius 2 is 2.00 bits per heavy atom. The lowest BCUT2D eigenvalue weighted by Gasteiger charge is -2.55. The maximum Gasteiger partial charge on any atom is 0.119 e. The second-order valence-corrected chi connectivity index (χ2v) is 6.89. The first-order chi connectivity index (χ1) is 9.33. The second kappa shape index (κ2) is 4.26. The van der Waals surface area contributed by atoms with Crippen molar-refractivity contribution in [1.82, 2.24) is 0 Å². The average Bonchev–Trinajstić information content (AvgIpc) is 2.47. The van der Waals surface area contributed by atoms with Crippen LogP contribution in [0.3, 0.4) is 0 Å². The predicted octanol–water partition coefficient (Wildman–Crippen LogP) is 4.48. The van der Waals surface area contributed by atoms with E-state index >= 15 is 0 Å². The van der Waals surface area contributed by atoms with Gasteiger partial charge in [0.05, 0.1) is 7.11 Å². The summed E-state index contributed by atoms with van der Waals surface area (Å²) in [6.07, 6.45) is 11.5. The van der Waals surface area contributed by atoms with Crippen LogP contribution in [0.25, 0.3) is 0 Å². The van der Waals surface area contributed by atoms with Gasteiger partial charge >= 0.3 is 0 Å². The van der Waals surface area contributed by atoms with Crippen LogP contribution >= 0.6 is 0 Å².